The summed E-state index contributed by atoms with van der Waals surface area (Å²) in [4.78, 5) is 13.6. The van der Waals surface area contributed by atoms with E-state index in [1.807, 2.05) is 0 Å². The van der Waals surface area contributed by atoms with Crippen LogP contribution in [0.5, 0.6) is 0 Å². The van der Waals surface area contributed by atoms with E-state index < -0.39 is 0 Å². The van der Waals surface area contributed by atoms with Crippen LogP contribution in [0.4, 0.5) is 4.39 Å². The molecule has 0 N–H and O–H groups in total. The summed E-state index contributed by atoms with van der Waals surface area (Å²) in [5.41, 5.74) is 0.422. The van der Waals surface area contributed by atoms with Gasteiger partial charge in [0, 0.05) is 11.5 Å². The van der Waals surface area contributed by atoms with E-state index in [1.165, 1.54) is 23.1 Å². The third kappa shape index (κ3) is 2.79. The normalized spacial score (nSPS) is 10.4. The van der Waals surface area contributed by atoms with Gasteiger partial charge in [-0.2, -0.15) is 0 Å². The molecule has 0 unspecified atom stereocenters. The fourth-order valence-electron chi connectivity index (χ4n) is 1.58. The first-order chi connectivity index (χ1) is 8.58. The predicted molar refractivity (Wildman–Crippen MR) is 68.6 cm³/mol. The molecular formula is C13H11BrFNO2. The van der Waals surface area contributed by atoms with Crippen molar-refractivity contribution in [3.8, 4) is 0 Å². The number of hydrogen-bond acceptors (Lipinski definition) is 2. The van der Waals surface area contributed by atoms with Gasteiger partial charge in [0.15, 0.2) is 0 Å². The first-order valence-electron chi connectivity index (χ1n) is 5.31. The Morgan fingerprint density at radius 1 is 1.44 bits per heavy atom. The summed E-state index contributed by atoms with van der Waals surface area (Å²) in [7, 11) is 1.67. The average molecular weight is 312 g/mol. The maximum Gasteiger partial charge on any atom is 0.255 e. The van der Waals surface area contributed by atoms with Crippen molar-refractivity contribution in [3.05, 3.63) is 58.2 Å². The van der Waals surface area contributed by atoms with Gasteiger partial charge in [0.2, 0.25) is 0 Å². The Bertz CT molecular complexity index is 554. The van der Waals surface area contributed by atoms with Crippen LogP contribution in [-0.4, -0.2) is 17.9 Å². The second kappa shape index (κ2) is 5.35. The van der Waals surface area contributed by atoms with Crippen LogP contribution < -0.4 is 0 Å². The number of rotatable bonds is 3. The van der Waals surface area contributed by atoms with Crippen molar-refractivity contribution >= 4 is 21.8 Å². The van der Waals surface area contributed by atoms with Crippen LogP contribution >= 0.6 is 15.9 Å². The lowest BCUT2D eigenvalue weighted by atomic mass is 10.2. The van der Waals surface area contributed by atoms with E-state index in [1.54, 1.807) is 25.4 Å². The molecule has 2 rings (SSSR count). The molecule has 0 fully saturated rings. The maximum absolute atomic E-state index is 12.9. The van der Waals surface area contributed by atoms with Gasteiger partial charge >= 0.3 is 0 Å². The smallest absolute Gasteiger partial charge is 0.255 e. The van der Waals surface area contributed by atoms with Gasteiger partial charge in [-0.05, 0) is 46.3 Å². The molecule has 2 aromatic rings. The average Bonchev–Trinajstić information content (AvgIpc) is 2.81. The number of nitrogens with zero attached hydrogens (tertiary/aromatic N) is 1. The van der Waals surface area contributed by atoms with Gasteiger partial charge in [-0.25, -0.2) is 4.39 Å². The van der Waals surface area contributed by atoms with Crippen LogP contribution in [0.15, 0.2) is 45.5 Å². The summed E-state index contributed by atoms with van der Waals surface area (Å²) in [6.45, 7) is 0.371. The van der Waals surface area contributed by atoms with Gasteiger partial charge in [0.1, 0.15) is 11.6 Å². The van der Waals surface area contributed by atoms with Crippen molar-refractivity contribution in [1.82, 2.24) is 4.90 Å². The minimum atomic E-state index is -0.382. The fraction of sp³-hybridized carbons (Fsp3) is 0.154. The molecule has 1 heterocycles. The molecule has 0 spiro atoms. The van der Waals surface area contributed by atoms with E-state index in [-0.39, 0.29) is 11.7 Å². The topological polar surface area (TPSA) is 33.5 Å². The molecule has 0 atom stereocenters. The Morgan fingerprint density at radius 2 is 2.22 bits per heavy atom. The van der Waals surface area contributed by atoms with E-state index in [0.717, 1.165) is 0 Å². The number of benzene rings is 1. The summed E-state index contributed by atoms with van der Waals surface area (Å²) >= 11 is 3.18. The van der Waals surface area contributed by atoms with Crippen LogP contribution in [0.1, 0.15) is 16.1 Å². The van der Waals surface area contributed by atoms with Crippen LogP contribution in [-0.2, 0) is 6.54 Å². The number of carbonyl (C=O) groups excluding carboxylic acids is 1. The van der Waals surface area contributed by atoms with Crippen LogP contribution in [0.2, 0.25) is 0 Å². The lowest BCUT2D eigenvalue weighted by molar-refractivity contribution is 0.0774. The number of amides is 1. The largest absolute Gasteiger partial charge is 0.467 e. The van der Waals surface area contributed by atoms with E-state index in [4.69, 9.17) is 4.42 Å². The highest BCUT2D eigenvalue weighted by Gasteiger charge is 2.16. The minimum absolute atomic E-state index is 0.196. The highest BCUT2D eigenvalue weighted by Crippen LogP contribution is 2.20. The second-order valence-electron chi connectivity index (χ2n) is 3.86. The van der Waals surface area contributed by atoms with Gasteiger partial charge in [-0.3, -0.25) is 4.79 Å². The first-order valence-corrected chi connectivity index (χ1v) is 6.10. The molecule has 0 aliphatic carbocycles. The molecule has 94 valence electrons. The quantitative estimate of drug-likeness (QED) is 0.870. The van der Waals surface area contributed by atoms with Crippen molar-refractivity contribution < 1.29 is 13.6 Å². The Kier molecular flexibility index (Phi) is 3.81. The van der Waals surface area contributed by atoms with Gasteiger partial charge in [0.05, 0.1) is 18.4 Å². The van der Waals surface area contributed by atoms with E-state index in [9.17, 15) is 9.18 Å². The summed E-state index contributed by atoms with van der Waals surface area (Å²) in [6, 6.07) is 7.55. The summed E-state index contributed by atoms with van der Waals surface area (Å²) < 4.78 is 18.6. The second-order valence-corrected chi connectivity index (χ2v) is 4.72. The Labute approximate surface area is 112 Å². The Hall–Kier alpha value is -1.62. The Morgan fingerprint density at radius 3 is 2.83 bits per heavy atom. The number of furan rings is 1. The van der Waals surface area contributed by atoms with Gasteiger partial charge in [-0.15, -0.1) is 0 Å². The molecule has 5 heteroatoms. The molecule has 1 aromatic carbocycles. The predicted octanol–water partition coefficient (Wildman–Crippen LogP) is 3.45. The molecule has 0 saturated carbocycles. The molecule has 1 aromatic heterocycles. The van der Waals surface area contributed by atoms with Gasteiger partial charge in [-0.1, -0.05) is 0 Å². The monoisotopic (exact) mass is 311 g/mol. The third-order valence-electron chi connectivity index (χ3n) is 2.48. The number of carbonyl (C=O) groups is 1. The fourth-order valence-corrected chi connectivity index (χ4v) is 2.10. The first kappa shape index (κ1) is 12.8. The molecule has 0 radical (unpaired) electrons. The number of halogens is 2. The van der Waals surface area contributed by atoms with Gasteiger partial charge in [0.25, 0.3) is 5.91 Å². The van der Waals surface area contributed by atoms with Crippen LogP contribution in [0.3, 0.4) is 0 Å². The molecule has 1 amide bonds. The molecule has 0 aliphatic heterocycles. The summed E-state index contributed by atoms with van der Waals surface area (Å²) in [5, 5.41) is 0. The molecule has 3 nitrogen and oxygen atoms in total. The van der Waals surface area contributed by atoms with E-state index in [2.05, 4.69) is 15.9 Å². The van der Waals surface area contributed by atoms with E-state index >= 15 is 0 Å². The molecular weight excluding hydrogens is 301 g/mol. The standard InChI is InChI=1S/C13H11BrFNO2/c1-16(8-10-3-2-6-18-10)13(17)11-5-4-9(15)7-12(11)14/h2-7H,8H2,1H3. The van der Waals surface area contributed by atoms with Crippen molar-refractivity contribution in [2.24, 2.45) is 0 Å². The maximum atomic E-state index is 12.9. The van der Waals surface area contributed by atoms with E-state index in [0.29, 0.717) is 22.3 Å². The van der Waals surface area contributed by atoms with Crippen LogP contribution in [0.25, 0.3) is 0 Å². The summed E-state index contributed by atoms with van der Waals surface area (Å²) in [5.74, 6) is 0.120. The zero-order chi connectivity index (χ0) is 13.1. The lowest BCUT2D eigenvalue weighted by Crippen LogP contribution is -2.26. The van der Waals surface area contributed by atoms with Crippen LogP contribution in [0, 0.1) is 5.82 Å². The molecule has 0 bridgehead atoms. The zero-order valence-corrected chi connectivity index (χ0v) is 11.3. The summed E-state index contributed by atoms with van der Waals surface area (Å²) in [6.07, 6.45) is 1.56. The van der Waals surface area contributed by atoms with Crippen molar-refractivity contribution in [1.29, 1.82) is 0 Å². The van der Waals surface area contributed by atoms with Crippen molar-refractivity contribution in [2.45, 2.75) is 6.54 Å². The minimum Gasteiger partial charge on any atom is -0.467 e. The molecule has 18 heavy (non-hydrogen) atoms. The highest BCUT2D eigenvalue weighted by atomic mass is 79.9. The zero-order valence-electron chi connectivity index (χ0n) is 9.69. The van der Waals surface area contributed by atoms with Gasteiger partial charge < -0.3 is 9.32 Å². The highest BCUT2D eigenvalue weighted by molar-refractivity contribution is 9.10. The number of hydrogen-bond donors (Lipinski definition) is 0. The SMILES string of the molecule is CN(Cc1ccco1)C(=O)c1ccc(F)cc1Br. The Balaban J connectivity index is 2.15. The van der Waals surface area contributed by atoms with Crippen molar-refractivity contribution in [3.63, 3.8) is 0 Å². The molecule has 0 aliphatic rings. The third-order valence-corrected chi connectivity index (χ3v) is 3.14. The molecule has 0 saturated heterocycles. The lowest BCUT2D eigenvalue weighted by Gasteiger charge is -2.16. The van der Waals surface area contributed by atoms with Crippen molar-refractivity contribution in [2.75, 3.05) is 7.05 Å².